The molecule has 0 aliphatic carbocycles. The molecule has 8 N–H and O–H groups in total. The summed E-state index contributed by atoms with van der Waals surface area (Å²) in [6.07, 6.45) is 13.2. The number of rotatable bonds is 29. The van der Waals surface area contributed by atoms with Crippen LogP contribution in [0.2, 0.25) is 0 Å². The van der Waals surface area contributed by atoms with Gasteiger partial charge in [-0.2, -0.15) is 38.3 Å². The standard InChI is InChI=1S/C49H62N12O5S/c1-2-3-4-13-28-50-29-14-5-6-15-30-51-45-57-47(52-40-18-11-8-12-19-40)59-48(58-45)53-41-25-21-37(22-26-41)20-23-39-24-27-42(36-43(39)67(64,65)66)54-46-55-44(35-38-16-9-7-10-17-38)56-49(60-46)61(31-33-62)32-34-63/h7-12,16-27,36,50,62-63H,2-6,13-15,28-35H2,1H3,(H,64,65,66)(H,54,55,56,60)(H3,51,52,53,57,58,59)/b23-20+. The van der Waals surface area contributed by atoms with Crippen LogP contribution in [0.4, 0.5) is 46.8 Å². The number of benzene rings is 4. The van der Waals surface area contributed by atoms with Gasteiger partial charge in [-0.05, 0) is 85.4 Å². The second-order valence-corrected chi connectivity index (χ2v) is 17.2. The fourth-order valence-corrected chi connectivity index (χ4v) is 7.77. The minimum atomic E-state index is -4.67. The van der Waals surface area contributed by atoms with Crippen molar-refractivity contribution >= 4 is 69.1 Å². The lowest BCUT2D eigenvalue weighted by Gasteiger charge is -2.21. The van der Waals surface area contributed by atoms with Gasteiger partial charge in [0.15, 0.2) is 0 Å². The molecule has 0 saturated heterocycles. The molecule has 2 heterocycles. The van der Waals surface area contributed by atoms with Crippen molar-refractivity contribution in [3.8, 4) is 0 Å². The highest BCUT2D eigenvalue weighted by Crippen LogP contribution is 2.26. The first-order valence-corrected chi connectivity index (χ1v) is 24.3. The summed E-state index contributed by atoms with van der Waals surface area (Å²) in [5.74, 6) is 1.95. The van der Waals surface area contributed by atoms with E-state index in [4.69, 9.17) is 0 Å². The zero-order chi connectivity index (χ0) is 47.1. The number of para-hydroxylation sites is 1. The number of aliphatic hydroxyl groups is 2. The SMILES string of the molecule is CCCCCCNCCCCCCNc1nc(Nc2ccccc2)nc(Nc2ccc(/C=C/c3ccc(Nc4nc(Cc5ccccc5)nc(N(CCO)CCO)n4)cc3S(=O)(=O)O)cc2)n1. The zero-order valence-electron chi connectivity index (χ0n) is 38.0. The summed E-state index contributed by atoms with van der Waals surface area (Å²) in [6.45, 7) is 5.07. The van der Waals surface area contributed by atoms with Gasteiger partial charge < -0.3 is 41.7 Å². The molecule has 6 rings (SSSR count). The Labute approximate surface area is 393 Å². The average molecular weight is 931 g/mol. The van der Waals surface area contributed by atoms with E-state index in [1.54, 1.807) is 29.2 Å². The van der Waals surface area contributed by atoms with E-state index in [1.807, 2.05) is 84.9 Å². The van der Waals surface area contributed by atoms with Gasteiger partial charge in [0.25, 0.3) is 10.1 Å². The van der Waals surface area contributed by atoms with Crippen molar-refractivity contribution in [1.82, 2.24) is 35.2 Å². The summed E-state index contributed by atoms with van der Waals surface area (Å²) >= 11 is 0. The van der Waals surface area contributed by atoms with E-state index in [1.165, 1.54) is 31.7 Å². The van der Waals surface area contributed by atoms with Crippen LogP contribution in [0.3, 0.4) is 0 Å². The molecule has 0 radical (unpaired) electrons. The lowest BCUT2D eigenvalue weighted by molar-refractivity contribution is 0.280. The van der Waals surface area contributed by atoms with Crippen molar-refractivity contribution in [2.45, 2.75) is 69.6 Å². The number of aromatic nitrogens is 6. The van der Waals surface area contributed by atoms with Crippen LogP contribution in [0.1, 0.15) is 80.8 Å². The average Bonchev–Trinajstić information content (AvgIpc) is 3.32. The number of hydrogen-bond acceptors (Lipinski definition) is 16. The summed E-state index contributed by atoms with van der Waals surface area (Å²) in [7, 11) is -4.67. The van der Waals surface area contributed by atoms with Crippen LogP contribution in [0.5, 0.6) is 0 Å². The van der Waals surface area contributed by atoms with Crippen molar-refractivity contribution in [3.05, 3.63) is 126 Å². The Hall–Kier alpha value is -6.57. The number of unbranched alkanes of at least 4 members (excludes halogenated alkanes) is 6. The monoisotopic (exact) mass is 930 g/mol. The lowest BCUT2D eigenvalue weighted by atomic mass is 10.1. The number of nitrogens with one attached hydrogen (secondary N) is 5. The lowest BCUT2D eigenvalue weighted by Crippen LogP contribution is -2.32. The minimum absolute atomic E-state index is 0.112. The zero-order valence-corrected chi connectivity index (χ0v) is 38.8. The smallest absolute Gasteiger partial charge is 0.295 e. The molecule has 0 spiro atoms. The van der Waals surface area contributed by atoms with Gasteiger partial charge in [0.2, 0.25) is 29.7 Å². The van der Waals surface area contributed by atoms with E-state index in [0.717, 1.165) is 67.8 Å². The van der Waals surface area contributed by atoms with Crippen LogP contribution < -0.4 is 31.5 Å². The highest BCUT2D eigenvalue weighted by molar-refractivity contribution is 7.86. The predicted molar refractivity (Wildman–Crippen MR) is 267 cm³/mol. The number of nitrogens with zero attached hydrogens (tertiary/aromatic N) is 7. The Balaban J connectivity index is 1.11. The first-order valence-electron chi connectivity index (χ1n) is 22.9. The molecule has 0 aliphatic rings. The molecule has 354 valence electrons. The predicted octanol–water partition coefficient (Wildman–Crippen LogP) is 8.23. The van der Waals surface area contributed by atoms with Gasteiger partial charge in [0.1, 0.15) is 10.7 Å². The Morgan fingerprint density at radius 2 is 1.15 bits per heavy atom. The summed E-state index contributed by atoms with van der Waals surface area (Å²) in [4.78, 5) is 28.9. The maximum absolute atomic E-state index is 12.7. The highest BCUT2D eigenvalue weighted by Gasteiger charge is 2.18. The van der Waals surface area contributed by atoms with Gasteiger partial charge in [-0.1, -0.05) is 118 Å². The molecule has 0 bridgehead atoms. The van der Waals surface area contributed by atoms with Gasteiger partial charge in [-0.15, -0.1) is 0 Å². The molecule has 6 aromatic rings. The molecular weight excluding hydrogens is 869 g/mol. The summed E-state index contributed by atoms with van der Waals surface area (Å²) in [6, 6.07) is 31.2. The van der Waals surface area contributed by atoms with E-state index in [2.05, 4.69) is 63.4 Å². The third-order valence-corrected chi connectivity index (χ3v) is 11.4. The molecule has 4 aromatic carbocycles. The van der Waals surface area contributed by atoms with E-state index in [9.17, 15) is 23.2 Å². The van der Waals surface area contributed by atoms with Crippen molar-refractivity contribution < 1.29 is 23.2 Å². The normalized spacial score (nSPS) is 11.5. The molecule has 17 nitrogen and oxygen atoms in total. The largest absolute Gasteiger partial charge is 0.395 e. The van der Waals surface area contributed by atoms with Crippen LogP contribution in [0.25, 0.3) is 12.2 Å². The van der Waals surface area contributed by atoms with Crippen LogP contribution >= 0.6 is 0 Å². The first-order chi connectivity index (χ1) is 32.7. The first kappa shape index (κ1) is 49.9. The number of hydrogen-bond donors (Lipinski definition) is 8. The molecule has 0 fully saturated rings. The summed E-state index contributed by atoms with van der Waals surface area (Å²) in [5, 5.41) is 35.8. The molecule has 67 heavy (non-hydrogen) atoms. The van der Waals surface area contributed by atoms with E-state index in [0.29, 0.717) is 35.8 Å². The minimum Gasteiger partial charge on any atom is -0.395 e. The van der Waals surface area contributed by atoms with Crippen molar-refractivity contribution in [1.29, 1.82) is 0 Å². The summed E-state index contributed by atoms with van der Waals surface area (Å²) in [5.41, 5.74) is 3.83. The molecule has 0 saturated carbocycles. The van der Waals surface area contributed by atoms with E-state index >= 15 is 0 Å². The summed E-state index contributed by atoms with van der Waals surface area (Å²) < 4.78 is 35.7. The molecular formula is C49H62N12O5S. The molecule has 0 amide bonds. The quantitative estimate of drug-likeness (QED) is 0.0126. The van der Waals surface area contributed by atoms with Gasteiger partial charge >= 0.3 is 0 Å². The van der Waals surface area contributed by atoms with Crippen LogP contribution in [-0.2, 0) is 16.5 Å². The van der Waals surface area contributed by atoms with E-state index < -0.39 is 10.1 Å². The number of anilines is 8. The van der Waals surface area contributed by atoms with Crippen molar-refractivity contribution in [3.63, 3.8) is 0 Å². The molecule has 0 aliphatic heterocycles. The molecule has 0 atom stereocenters. The van der Waals surface area contributed by atoms with E-state index in [-0.39, 0.29) is 48.7 Å². The fourth-order valence-electron chi connectivity index (χ4n) is 7.06. The molecule has 18 heteroatoms. The van der Waals surface area contributed by atoms with Crippen molar-refractivity contribution in [2.75, 3.05) is 72.1 Å². The van der Waals surface area contributed by atoms with Crippen molar-refractivity contribution in [2.24, 2.45) is 0 Å². The Kier molecular flexibility index (Phi) is 19.8. The van der Waals surface area contributed by atoms with Crippen LogP contribution in [-0.4, -0.2) is 99.0 Å². The molecule has 0 unspecified atom stereocenters. The van der Waals surface area contributed by atoms with Gasteiger partial charge in [0.05, 0.1) is 13.2 Å². The topological polar surface area (TPSA) is 236 Å². The van der Waals surface area contributed by atoms with Gasteiger partial charge in [0, 0.05) is 43.1 Å². The maximum atomic E-state index is 12.7. The number of aliphatic hydroxyl groups excluding tert-OH is 2. The Morgan fingerprint density at radius 1 is 0.582 bits per heavy atom. The second-order valence-electron chi connectivity index (χ2n) is 15.9. The van der Waals surface area contributed by atoms with Gasteiger partial charge in [-0.25, -0.2) is 0 Å². The third kappa shape index (κ3) is 17.0. The second kappa shape index (κ2) is 26.5. The highest BCUT2D eigenvalue weighted by atomic mass is 32.2. The Bertz CT molecular complexity index is 2550. The maximum Gasteiger partial charge on any atom is 0.295 e. The van der Waals surface area contributed by atoms with Crippen LogP contribution in [0.15, 0.2) is 108 Å². The molecule has 2 aromatic heterocycles. The fraction of sp³-hybridized carbons (Fsp3) is 0.347. The third-order valence-electron chi connectivity index (χ3n) is 10.5. The van der Waals surface area contributed by atoms with Gasteiger partial charge in [-0.3, -0.25) is 4.55 Å². The Morgan fingerprint density at radius 3 is 1.79 bits per heavy atom. The van der Waals surface area contributed by atoms with Crippen LogP contribution in [0, 0.1) is 0 Å².